The van der Waals surface area contributed by atoms with Crippen molar-refractivity contribution in [3.05, 3.63) is 18.2 Å². The van der Waals surface area contributed by atoms with Gasteiger partial charge in [-0.05, 0) is 35.0 Å². The largest absolute Gasteiger partial charge is 0.491 e. The molecule has 1 aromatic carbocycles. The molecule has 0 radical (unpaired) electrons. The highest BCUT2D eigenvalue weighted by molar-refractivity contribution is 5.69. The number of ether oxygens (including phenoxy) is 1. The first-order chi connectivity index (χ1) is 9.61. The Hall–Kier alpha value is -2.64. The van der Waals surface area contributed by atoms with E-state index in [1.54, 1.807) is 18.2 Å². The van der Waals surface area contributed by atoms with Gasteiger partial charge in [-0.2, -0.15) is 0 Å². The number of nitrogens with zero attached hydrogens (tertiary/aromatic N) is 4. The number of benzene rings is 1. The fourth-order valence-electron chi connectivity index (χ4n) is 1.68. The van der Waals surface area contributed by atoms with Gasteiger partial charge in [-0.25, -0.2) is 4.68 Å². The minimum Gasteiger partial charge on any atom is -0.491 e. The monoisotopic (exact) mass is 277 g/mol. The molecular formula is C12H15N5O3. The van der Waals surface area contributed by atoms with E-state index in [1.165, 1.54) is 4.68 Å². The van der Waals surface area contributed by atoms with E-state index in [9.17, 15) is 4.79 Å². The Bertz CT molecular complexity index is 611. The number of nitrogens with two attached hydrogens (primary N) is 1. The second-order valence-electron chi connectivity index (χ2n) is 4.15. The van der Waals surface area contributed by atoms with Crippen LogP contribution in [0.1, 0.15) is 13.3 Å². The molecule has 0 bridgehead atoms. The van der Waals surface area contributed by atoms with Crippen LogP contribution < -0.4 is 10.5 Å². The highest BCUT2D eigenvalue weighted by atomic mass is 16.5. The molecule has 0 aliphatic rings. The second-order valence-corrected chi connectivity index (χ2v) is 4.15. The van der Waals surface area contributed by atoms with Crippen LogP contribution >= 0.6 is 0 Å². The number of tetrazole rings is 1. The molecule has 0 saturated carbocycles. The number of aliphatic carboxylic acids is 1. The Morgan fingerprint density at radius 3 is 2.95 bits per heavy atom. The number of carboxylic acid groups (broad SMARTS) is 1. The minimum atomic E-state index is -1.02. The van der Waals surface area contributed by atoms with Gasteiger partial charge in [0.05, 0.1) is 12.3 Å². The normalized spacial score (nSPS) is 10.4. The van der Waals surface area contributed by atoms with Gasteiger partial charge in [-0.15, -0.1) is 5.10 Å². The summed E-state index contributed by atoms with van der Waals surface area (Å²) in [5, 5.41) is 19.7. The lowest BCUT2D eigenvalue weighted by molar-refractivity contribution is -0.137. The van der Waals surface area contributed by atoms with E-state index >= 15 is 0 Å². The van der Waals surface area contributed by atoms with Crippen LogP contribution in [0.25, 0.3) is 11.4 Å². The van der Waals surface area contributed by atoms with Gasteiger partial charge in [-0.1, -0.05) is 6.92 Å². The van der Waals surface area contributed by atoms with Crippen LogP contribution in [-0.2, 0) is 11.3 Å². The van der Waals surface area contributed by atoms with Gasteiger partial charge in [0.2, 0.25) is 0 Å². The van der Waals surface area contributed by atoms with Gasteiger partial charge >= 0.3 is 5.97 Å². The predicted octanol–water partition coefficient (Wildman–Crippen LogP) is 0.796. The molecule has 1 heterocycles. The third kappa shape index (κ3) is 3.02. The first-order valence-electron chi connectivity index (χ1n) is 6.12. The standard InChI is InChI=1S/C12H15N5O3/c1-2-5-20-10-4-3-8(6-9(10)13)12-14-15-16-17(12)7-11(18)19/h3-4,6H,2,5,7,13H2,1H3,(H,18,19). The number of nitrogen functional groups attached to an aromatic ring is 1. The van der Waals surface area contributed by atoms with Crippen molar-refractivity contribution >= 4 is 11.7 Å². The molecule has 20 heavy (non-hydrogen) atoms. The molecule has 106 valence electrons. The van der Waals surface area contributed by atoms with Crippen LogP contribution in [0.2, 0.25) is 0 Å². The summed E-state index contributed by atoms with van der Waals surface area (Å²) in [4.78, 5) is 10.7. The lowest BCUT2D eigenvalue weighted by Crippen LogP contribution is -2.11. The van der Waals surface area contributed by atoms with Crippen LogP contribution in [0.4, 0.5) is 5.69 Å². The van der Waals surface area contributed by atoms with Gasteiger partial charge in [0.15, 0.2) is 5.82 Å². The first kappa shape index (κ1) is 13.8. The van der Waals surface area contributed by atoms with Crippen LogP contribution in [-0.4, -0.2) is 37.9 Å². The summed E-state index contributed by atoms with van der Waals surface area (Å²) in [7, 11) is 0. The maximum absolute atomic E-state index is 10.7. The van der Waals surface area contributed by atoms with Crippen molar-refractivity contribution in [3.63, 3.8) is 0 Å². The Morgan fingerprint density at radius 1 is 1.50 bits per heavy atom. The van der Waals surface area contributed by atoms with Crippen molar-refractivity contribution in [3.8, 4) is 17.1 Å². The van der Waals surface area contributed by atoms with Crippen molar-refractivity contribution in [1.82, 2.24) is 20.2 Å². The molecule has 0 saturated heterocycles. The molecule has 2 rings (SSSR count). The number of hydrogen-bond donors (Lipinski definition) is 2. The number of rotatable bonds is 6. The van der Waals surface area contributed by atoms with Crippen molar-refractivity contribution < 1.29 is 14.6 Å². The molecule has 0 unspecified atom stereocenters. The quantitative estimate of drug-likeness (QED) is 0.750. The number of anilines is 1. The Labute approximate surface area is 115 Å². The summed E-state index contributed by atoms with van der Waals surface area (Å²) in [5.41, 5.74) is 7.00. The van der Waals surface area contributed by atoms with E-state index in [1.807, 2.05) is 6.92 Å². The Morgan fingerprint density at radius 2 is 2.30 bits per heavy atom. The highest BCUT2D eigenvalue weighted by Crippen LogP contribution is 2.27. The molecule has 1 aromatic heterocycles. The molecule has 0 aliphatic carbocycles. The van der Waals surface area contributed by atoms with Crippen molar-refractivity contribution in [2.45, 2.75) is 19.9 Å². The van der Waals surface area contributed by atoms with Gasteiger partial charge in [0.1, 0.15) is 12.3 Å². The topological polar surface area (TPSA) is 116 Å². The molecule has 0 atom stereocenters. The zero-order chi connectivity index (χ0) is 14.5. The van der Waals surface area contributed by atoms with E-state index in [-0.39, 0.29) is 6.54 Å². The van der Waals surface area contributed by atoms with Crippen molar-refractivity contribution in [2.24, 2.45) is 0 Å². The van der Waals surface area contributed by atoms with E-state index in [4.69, 9.17) is 15.6 Å². The van der Waals surface area contributed by atoms with Crippen LogP contribution in [0, 0.1) is 0 Å². The van der Waals surface area contributed by atoms with Gasteiger partial charge in [0, 0.05) is 5.56 Å². The smallest absolute Gasteiger partial charge is 0.325 e. The molecule has 0 spiro atoms. The van der Waals surface area contributed by atoms with Gasteiger partial charge in [-0.3, -0.25) is 4.79 Å². The maximum Gasteiger partial charge on any atom is 0.325 e. The second kappa shape index (κ2) is 6.00. The van der Waals surface area contributed by atoms with E-state index < -0.39 is 5.97 Å². The molecule has 0 aliphatic heterocycles. The molecule has 0 fully saturated rings. The van der Waals surface area contributed by atoms with Crippen LogP contribution in [0.3, 0.4) is 0 Å². The summed E-state index contributed by atoms with van der Waals surface area (Å²) in [6, 6.07) is 5.13. The van der Waals surface area contributed by atoms with Gasteiger partial charge in [0.25, 0.3) is 0 Å². The van der Waals surface area contributed by atoms with Crippen molar-refractivity contribution in [1.29, 1.82) is 0 Å². The van der Waals surface area contributed by atoms with Gasteiger partial charge < -0.3 is 15.6 Å². The minimum absolute atomic E-state index is 0.309. The molecule has 8 heteroatoms. The van der Waals surface area contributed by atoms with Crippen molar-refractivity contribution in [2.75, 3.05) is 12.3 Å². The van der Waals surface area contributed by atoms with E-state index in [2.05, 4.69) is 15.5 Å². The highest BCUT2D eigenvalue weighted by Gasteiger charge is 2.13. The molecular weight excluding hydrogens is 262 g/mol. The summed E-state index contributed by atoms with van der Waals surface area (Å²) < 4.78 is 6.67. The molecule has 2 aromatic rings. The zero-order valence-corrected chi connectivity index (χ0v) is 11.0. The number of carboxylic acids is 1. The SMILES string of the molecule is CCCOc1ccc(-c2nnnn2CC(=O)O)cc1N. The zero-order valence-electron chi connectivity index (χ0n) is 11.0. The summed E-state index contributed by atoms with van der Waals surface area (Å²) in [5.74, 6) is -0.0802. The van der Waals surface area contributed by atoms with E-state index in [0.29, 0.717) is 29.4 Å². The molecule has 8 nitrogen and oxygen atoms in total. The lowest BCUT2D eigenvalue weighted by atomic mass is 10.2. The predicted molar refractivity (Wildman–Crippen MR) is 71.1 cm³/mol. The summed E-state index contributed by atoms with van der Waals surface area (Å²) in [6.45, 7) is 2.28. The molecule has 3 N–H and O–H groups in total. The summed E-state index contributed by atoms with van der Waals surface area (Å²) in [6.07, 6.45) is 0.887. The number of hydrogen-bond acceptors (Lipinski definition) is 6. The fraction of sp³-hybridized carbons (Fsp3) is 0.333. The number of carbonyl (C=O) groups is 1. The summed E-state index contributed by atoms with van der Waals surface area (Å²) >= 11 is 0. The fourth-order valence-corrected chi connectivity index (χ4v) is 1.68. The third-order valence-electron chi connectivity index (χ3n) is 2.55. The van der Waals surface area contributed by atoms with Crippen LogP contribution in [0.5, 0.6) is 5.75 Å². The Kier molecular flexibility index (Phi) is 4.14. The third-order valence-corrected chi connectivity index (χ3v) is 2.55. The average molecular weight is 277 g/mol. The molecule has 0 amide bonds. The Balaban J connectivity index is 2.27. The first-order valence-corrected chi connectivity index (χ1v) is 6.12. The number of aromatic nitrogens is 4. The average Bonchev–Trinajstić information content (AvgIpc) is 2.84. The lowest BCUT2D eigenvalue weighted by Gasteiger charge is -2.09. The maximum atomic E-state index is 10.7. The van der Waals surface area contributed by atoms with E-state index in [0.717, 1.165) is 6.42 Å². The van der Waals surface area contributed by atoms with Crippen LogP contribution in [0.15, 0.2) is 18.2 Å².